The van der Waals surface area contributed by atoms with Gasteiger partial charge < -0.3 is 0 Å². The van der Waals surface area contributed by atoms with Gasteiger partial charge in [0.1, 0.15) is 9.52 Å². The van der Waals surface area contributed by atoms with Crippen molar-refractivity contribution in [3.05, 3.63) is 80.9 Å². The van der Waals surface area contributed by atoms with Crippen LogP contribution in [0.1, 0.15) is 76.6 Å². The molecule has 1 unspecified atom stereocenters. The Balaban J connectivity index is 1.82. The first kappa shape index (κ1) is 21.1. The minimum atomic E-state index is 0.559. The van der Waals surface area contributed by atoms with Crippen LogP contribution in [-0.4, -0.2) is 9.52 Å². The van der Waals surface area contributed by atoms with E-state index in [4.69, 9.17) is 0 Å². The van der Waals surface area contributed by atoms with Gasteiger partial charge in [-0.1, -0.05) is 72.1 Å². The molecule has 3 aromatic rings. The summed E-state index contributed by atoms with van der Waals surface area (Å²) in [5.74, 6) is 0.559. The van der Waals surface area contributed by atoms with Crippen molar-refractivity contribution in [2.45, 2.75) is 73.6 Å². The highest BCUT2D eigenvalue weighted by Crippen LogP contribution is 2.46. The average Bonchev–Trinajstić information content (AvgIpc) is 3.05. The van der Waals surface area contributed by atoms with Gasteiger partial charge in [-0.15, -0.1) is 0 Å². The Labute approximate surface area is 185 Å². The lowest BCUT2D eigenvalue weighted by Gasteiger charge is -2.20. The zero-order valence-electron chi connectivity index (χ0n) is 19.7. The van der Waals surface area contributed by atoms with Gasteiger partial charge in [0.2, 0.25) is 0 Å². The van der Waals surface area contributed by atoms with Crippen LogP contribution < -0.4 is 10.4 Å². The second kappa shape index (κ2) is 8.19. The second-order valence-corrected chi connectivity index (χ2v) is 10.5. The van der Waals surface area contributed by atoms with E-state index < -0.39 is 0 Å². The van der Waals surface area contributed by atoms with E-state index in [1.165, 1.54) is 74.5 Å². The Morgan fingerprint density at radius 3 is 2.03 bits per heavy atom. The number of hydrogen-bond acceptors (Lipinski definition) is 0. The molecule has 1 atom stereocenters. The summed E-state index contributed by atoms with van der Waals surface area (Å²) in [6, 6.07) is 14.1. The summed E-state index contributed by atoms with van der Waals surface area (Å²) < 4.78 is 0. The van der Waals surface area contributed by atoms with E-state index in [0.29, 0.717) is 5.92 Å². The molecule has 1 aliphatic rings. The topological polar surface area (TPSA) is 0 Å². The van der Waals surface area contributed by atoms with E-state index in [1.54, 1.807) is 10.8 Å². The first-order valence-electron chi connectivity index (χ1n) is 11.4. The fourth-order valence-corrected chi connectivity index (χ4v) is 6.65. The van der Waals surface area contributed by atoms with Crippen LogP contribution in [0.5, 0.6) is 0 Å². The highest BCUT2D eigenvalue weighted by molar-refractivity contribution is 6.68. The van der Waals surface area contributed by atoms with Gasteiger partial charge in [-0.3, -0.25) is 0 Å². The number of hydrogen-bond donors (Lipinski definition) is 0. The van der Waals surface area contributed by atoms with E-state index in [-0.39, 0.29) is 0 Å². The fraction of sp³-hybridized carbons (Fsp3) is 0.379. The van der Waals surface area contributed by atoms with Crippen LogP contribution in [0.3, 0.4) is 0 Å². The molecule has 0 heterocycles. The lowest BCUT2D eigenvalue weighted by Crippen LogP contribution is -2.34. The normalized spacial score (nSPS) is 14.7. The molecule has 2 radical (unpaired) electrons. The van der Waals surface area contributed by atoms with Gasteiger partial charge in [0, 0.05) is 5.92 Å². The van der Waals surface area contributed by atoms with Gasteiger partial charge in [-0.25, -0.2) is 0 Å². The highest BCUT2D eigenvalue weighted by Gasteiger charge is 2.29. The van der Waals surface area contributed by atoms with Crippen LogP contribution in [0.15, 0.2) is 36.4 Å². The first-order chi connectivity index (χ1) is 14.3. The molecule has 0 saturated carbocycles. The predicted molar refractivity (Wildman–Crippen MR) is 133 cm³/mol. The molecule has 154 valence electrons. The average molecular weight is 411 g/mol. The van der Waals surface area contributed by atoms with Crippen LogP contribution in [0.4, 0.5) is 0 Å². The number of benzene rings is 3. The second-order valence-electron chi connectivity index (χ2n) is 9.16. The molecule has 1 aliphatic carbocycles. The minimum absolute atomic E-state index is 0.559. The summed E-state index contributed by atoms with van der Waals surface area (Å²) in [7, 11) is 0.725. The standard InChI is InChI=1S/C29H34Si/c1-8-9-12-24-23-13-10-11-14-25(23)26-15-17(2)28(16-27(24)26)30-29-21(6)19(4)18(3)20(5)22(29)7/h10-11,13-16,24H,8-9,12H2,1-7H3. The van der Waals surface area contributed by atoms with Crippen molar-refractivity contribution in [2.75, 3.05) is 0 Å². The third-order valence-electron chi connectivity index (χ3n) is 7.50. The largest absolute Gasteiger partial charge is 0.122 e. The van der Waals surface area contributed by atoms with Crippen molar-refractivity contribution in [1.82, 2.24) is 0 Å². The number of aryl methyl sites for hydroxylation is 1. The number of unbranched alkanes of at least 4 members (excludes halogenated alkanes) is 1. The molecule has 0 spiro atoms. The molecule has 0 fully saturated rings. The zero-order chi connectivity index (χ0) is 21.6. The predicted octanol–water partition coefficient (Wildman–Crippen LogP) is 6.49. The highest BCUT2D eigenvalue weighted by atomic mass is 28.2. The van der Waals surface area contributed by atoms with Crippen molar-refractivity contribution in [1.29, 1.82) is 0 Å². The van der Waals surface area contributed by atoms with Crippen LogP contribution in [-0.2, 0) is 0 Å². The Morgan fingerprint density at radius 1 is 0.733 bits per heavy atom. The van der Waals surface area contributed by atoms with Crippen molar-refractivity contribution in [3.8, 4) is 11.1 Å². The maximum Gasteiger partial charge on any atom is 0.122 e. The number of rotatable bonds is 5. The lowest BCUT2D eigenvalue weighted by atomic mass is 9.91. The molecule has 0 N–H and O–H groups in total. The molecule has 1 heteroatoms. The van der Waals surface area contributed by atoms with E-state index in [0.717, 1.165) is 9.52 Å². The third-order valence-corrected chi connectivity index (χ3v) is 9.31. The molecule has 30 heavy (non-hydrogen) atoms. The molecule has 4 rings (SSSR count). The smallest absolute Gasteiger partial charge is 0.0654 e. The van der Waals surface area contributed by atoms with E-state index in [1.807, 2.05) is 0 Å². The van der Waals surface area contributed by atoms with Gasteiger partial charge >= 0.3 is 0 Å². The summed E-state index contributed by atoms with van der Waals surface area (Å²) in [6.07, 6.45) is 3.81. The monoisotopic (exact) mass is 410 g/mol. The Kier molecular flexibility index (Phi) is 5.77. The SMILES string of the molecule is CCCCC1c2ccccc2-c2cc(C)c([Si]c3c(C)c(C)c(C)c(C)c3C)cc21. The van der Waals surface area contributed by atoms with Crippen molar-refractivity contribution >= 4 is 19.9 Å². The maximum absolute atomic E-state index is 2.56. The van der Waals surface area contributed by atoms with Crippen LogP contribution in [0, 0.1) is 41.5 Å². The van der Waals surface area contributed by atoms with E-state index >= 15 is 0 Å². The first-order valence-corrected chi connectivity index (χ1v) is 12.4. The molecule has 0 bridgehead atoms. The Hall–Kier alpha value is -2.12. The van der Waals surface area contributed by atoms with Crippen LogP contribution in [0.25, 0.3) is 11.1 Å². The summed E-state index contributed by atoms with van der Waals surface area (Å²) in [6.45, 7) is 16.1. The molecule has 0 nitrogen and oxygen atoms in total. The van der Waals surface area contributed by atoms with E-state index in [9.17, 15) is 0 Å². The quantitative estimate of drug-likeness (QED) is 0.421. The van der Waals surface area contributed by atoms with Gasteiger partial charge in [-0.2, -0.15) is 0 Å². The summed E-state index contributed by atoms with van der Waals surface area (Å²) in [5.41, 5.74) is 14.8. The summed E-state index contributed by atoms with van der Waals surface area (Å²) in [4.78, 5) is 0. The summed E-state index contributed by atoms with van der Waals surface area (Å²) >= 11 is 0. The van der Waals surface area contributed by atoms with Crippen LogP contribution in [0.2, 0.25) is 0 Å². The molecule has 0 aliphatic heterocycles. The van der Waals surface area contributed by atoms with Gasteiger partial charge in [0.05, 0.1) is 0 Å². The minimum Gasteiger partial charge on any atom is -0.0654 e. The van der Waals surface area contributed by atoms with E-state index in [2.05, 4.69) is 84.9 Å². The zero-order valence-corrected chi connectivity index (χ0v) is 20.7. The molecular formula is C29H34Si. The fourth-order valence-electron chi connectivity index (χ4n) is 5.14. The van der Waals surface area contributed by atoms with Gasteiger partial charge in [0.25, 0.3) is 0 Å². The maximum atomic E-state index is 2.56. The van der Waals surface area contributed by atoms with Crippen LogP contribution >= 0.6 is 0 Å². The Morgan fingerprint density at radius 2 is 1.37 bits per heavy atom. The van der Waals surface area contributed by atoms with Crippen molar-refractivity contribution in [2.24, 2.45) is 0 Å². The molecule has 3 aromatic carbocycles. The van der Waals surface area contributed by atoms with Gasteiger partial charge in [-0.05, 0) is 98.0 Å². The lowest BCUT2D eigenvalue weighted by molar-refractivity contribution is 0.659. The van der Waals surface area contributed by atoms with Crippen molar-refractivity contribution in [3.63, 3.8) is 0 Å². The molecule has 0 amide bonds. The summed E-state index contributed by atoms with van der Waals surface area (Å²) in [5, 5.41) is 3.08. The molecule has 0 aromatic heterocycles. The Bertz CT molecular complexity index is 1090. The number of fused-ring (bicyclic) bond motifs is 3. The van der Waals surface area contributed by atoms with Crippen molar-refractivity contribution < 1.29 is 0 Å². The molecular weight excluding hydrogens is 376 g/mol. The van der Waals surface area contributed by atoms with Gasteiger partial charge in [0.15, 0.2) is 0 Å². The third kappa shape index (κ3) is 3.38. The molecule has 0 saturated heterocycles.